The number of carboxylic acids is 1. The molecule has 1 aliphatic carbocycles. The number of nitrogens with zero attached hydrogens (tertiary/aromatic N) is 2. The van der Waals surface area contributed by atoms with E-state index in [0.717, 1.165) is 59.6 Å². The van der Waals surface area contributed by atoms with E-state index in [1.807, 2.05) is 18.2 Å². The second-order valence-corrected chi connectivity index (χ2v) is 9.38. The van der Waals surface area contributed by atoms with E-state index in [9.17, 15) is 9.18 Å². The minimum Gasteiger partial charge on any atom is -0.480 e. The molecule has 174 valence electrons. The Morgan fingerprint density at radius 1 is 1.06 bits per heavy atom. The summed E-state index contributed by atoms with van der Waals surface area (Å²) in [6.45, 7) is 1.13. The topological polar surface area (TPSA) is 64.4 Å². The maximum Gasteiger partial charge on any atom is 0.329 e. The van der Waals surface area contributed by atoms with Gasteiger partial charge in [0, 0.05) is 17.7 Å². The third-order valence-corrected chi connectivity index (χ3v) is 7.06. The summed E-state index contributed by atoms with van der Waals surface area (Å²) in [5, 5.41) is 14.9. The van der Waals surface area contributed by atoms with E-state index >= 15 is 0 Å². The van der Waals surface area contributed by atoms with Gasteiger partial charge in [-0.15, -0.1) is 11.8 Å². The summed E-state index contributed by atoms with van der Waals surface area (Å²) in [5.41, 5.74) is 3.97. The number of carbonyl (C=O) groups is 1. The predicted octanol–water partition coefficient (Wildman–Crippen LogP) is 5.99. The molecule has 2 aromatic carbocycles. The van der Waals surface area contributed by atoms with Crippen molar-refractivity contribution in [2.24, 2.45) is 11.8 Å². The summed E-state index contributed by atoms with van der Waals surface area (Å²) in [6, 6.07) is 16.8. The Labute approximate surface area is 198 Å². The second kappa shape index (κ2) is 11.0. The lowest BCUT2D eigenvalue weighted by atomic mass is 9.82. The summed E-state index contributed by atoms with van der Waals surface area (Å²) < 4.78 is 21.0. The molecule has 0 unspecified atom stereocenters. The first-order valence-corrected chi connectivity index (χ1v) is 12.5. The zero-order chi connectivity index (χ0) is 23.2. The fraction of sp³-hybridized carbons (Fsp3) is 0.385. The third kappa shape index (κ3) is 5.84. The lowest BCUT2D eigenvalue weighted by Gasteiger charge is -2.28. The van der Waals surface area contributed by atoms with Crippen LogP contribution in [0.4, 0.5) is 4.39 Å². The van der Waals surface area contributed by atoms with Crippen LogP contribution in [0.15, 0.2) is 59.6 Å². The van der Waals surface area contributed by atoms with Gasteiger partial charge in [0.1, 0.15) is 23.1 Å². The maximum atomic E-state index is 13.6. The molecule has 0 radical (unpaired) electrons. The Bertz CT molecular complexity index is 1060. The number of thioether (sulfide) groups is 1. The maximum absolute atomic E-state index is 13.6. The number of rotatable bonds is 9. The molecular formula is C26H29FN2O3S. The van der Waals surface area contributed by atoms with Gasteiger partial charge in [0.2, 0.25) is 0 Å². The van der Waals surface area contributed by atoms with Gasteiger partial charge in [-0.05, 0) is 73.6 Å². The molecule has 7 heteroatoms. The number of hydrogen-bond donors (Lipinski definition) is 1. The van der Waals surface area contributed by atoms with Crippen molar-refractivity contribution in [3.05, 3.63) is 60.4 Å². The molecule has 1 saturated carbocycles. The summed E-state index contributed by atoms with van der Waals surface area (Å²) in [6.07, 6.45) is 6.29. The fourth-order valence-electron chi connectivity index (χ4n) is 4.59. The molecule has 1 heterocycles. The second-order valence-electron chi connectivity index (χ2n) is 8.58. The number of aromatic nitrogens is 2. The molecule has 0 atom stereocenters. The van der Waals surface area contributed by atoms with Crippen molar-refractivity contribution < 1.29 is 19.0 Å². The highest BCUT2D eigenvalue weighted by atomic mass is 32.2. The SMILES string of the molecule is CSc1c(-c2ccccc2)c(-c2ccc(F)cc2)nn1C[C@H]1CC[C@@H](COCC(=O)O)CC1. The summed E-state index contributed by atoms with van der Waals surface area (Å²) in [5.74, 6) is -0.240. The molecule has 1 aromatic heterocycles. The van der Waals surface area contributed by atoms with Crippen LogP contribution in [0.2, 0.25) is 0 Å². The largest absolute Gasteiger partial charge is 0.480 e. The van der Waals surface area contributed by atoms with Gasteiger partial charge in [0.05, 0.1) is 6.61 Å². The lowest BCUT2D eigenvalue weighted by molar-refractivity contribution is -0.142. The van der Waals surface area contributed by atoms with Crippen molar-refractivity contribution in [1.82, 2.24) is 9.78 Å². The zero-order valence-corrected chi connectivity index (χ0v) is 19.6. The Morgan fingerprint density at radius 2 is 1.73 bits per heavy atom. The minimum atomic E-state index is -0.918. The first-order chi connectivity index (χ1) is 16.0. The number of benzene rings is 2. The number of aliphatic carboxylic acids is 1. The van der Waals surface area contributed by atoms with Gasteiger partial charge >= 0.3 is 5.97 Å². The van der Waals surface area contributed by atoms with Crippen LogP contribution in [0, 0.1) is 17.7 Å². The van der Waals surface area contributed by atoms with Crippen LogP contribution in [0.3, 0.4) is 0 Å². The third-order valence-electron chi connectivity index (χ3n) is 6.26. The molecule has 0 aliphatic heterocycles. The van der Waals surface area contributed by atoms with Crippen molar-refractivity contribution in [3.8, 4) is 22.4 Å². The molecule has 5 nitrogen and oxygen atoms in total. The van der Waals surface area contributed by atoms with Crippen molar-refractivity contribution >= 4 is 17.7 Å². The fourth-order valence-corrected chi connectivity index (χ4v) is 5.34. The average Bonchev–Trinajstić information content (AvgIpc) is 3.19. The normalized spacial score (nSPS) is 18.4. The molecule has 3 aromatic rings. The average molecular weight is 469 g/mol. The quantitative estimate of drug-likeness (QED) is 0.391. The number of ether oxygens (including phenoxy) is 1. The Balaban J connectivity index is 1.55. The molecule has 0 amide bonds. The van der Waals surface area contributed by atoms with Gasteiger partial charge in [-0.3, -0.25) is 4.68 Å². The van der Waals surface area contributed by atoms with Crippen LogP contribution in [-0.2, 0) is 16.1 Å². The van der Waals surface area contributed by atoms with Crippen LogP contribution < -0.4 is 0 Å². The molecular weight excluding hydrogens is 439 g/mol. The predicted molar refractivity (Wildman–Crippen MR) is 129 cm³/mol. The van der Waals surface area contributed by atoms with Crippen LogP contribution in [0.5, 0.6) is 0 Å². The molecule has 0 spiro atoms. The first kappa shape index (κ1) is 23.5. The van der Waals surface area contributed by atoms with Crippen LogP contribution in [0.1, 0.15) is 25.7 Å². The van der Waals surface area contributed by atoms with Crippen LogP contribution >= 0.6 is 11.8 Å². The molecule has 1 fully saturated rings. The van der Waals surface area contributed by atoms with Crippen molar-refractivity contribution in [3.63, 3.8) is 0 Å². The van der Waals surface area contributed by atoms with E-state index in [2.05, 4.69) is 23.1 Å². The summed E-state index contributed by atoms with van der Waals surface area (Å²) >= 11 is 1.69. The van der Waals surface area contributed by atoms with Crippen LogP contribution in [-0.4, -0.2) is 40.3 Å². The smallest absolute Gasteiger partial charge is 0.329 e. The van der Waals surface area contributed by atoms with E-state index in [-0.39, 0.29) is 12.4 Å². The van der Waals surface area contributed by atoms with E-state index in [1.54, 1.807) is 23.9 Å². The van der Waals surface area contributed by atoms with Gasteiger partial charge in [-0.2, -0.15) is 5.10 Å². The lowest BCUT2D eigenvalue weighted by Crippen LogP contribution is -2.23. The van der Waals surface area contributed by atoms with Crippen LogP contribution in [0.25, 0.3) is 22.4 Å². The van der Waals surface area contributed by atoms with Gasteiger partial charge in [0.15, 0.2) is 0 Å². The molecule has 4 rings (SSSR count). The van der Waals surface area contributed by atoms with Gasteiger partial charge < -0.3 is 9.84 Å². The summed E-state index contributed by atoms with van der Waals surface area (Å²) in [4.78, 5) is 10.7. The van der Waals surface area contributed by atoms with Gasteiger partial charge in [0.25, 0.3) is 0 Å². The highest BCUT2D eigenvalue weighted by molar-refractivity contribution is 7.98. The summed E-state index contributed by atoms with van der Waals surface area (Å²) in [7, 11) is 0. The first-order valence-electron chi connectivity index (χ1n) is 11.3. The Hall–Kier alpha value is -2.64. The highest BCUT2D eigenvalue weighted by Gasteiger charge is 2.25. The van der Waals surface area contributed by atoms with Gasteiger partial charge in [-0.25, -0.2) is 9.18 Å². The molecule has 1 N–H and O–H groups in total. The van der Waals surface area contributed by atoms with Gasteiger partial charge in [-0.1, -0.05) is 30.3 Å². The van der Waals surface area contributed by atoms with E-state index in [0.29, 0.717) is 18.4 Å². The van der Waals surface area contributed by atoms with E-state index in [1.165, 1.54) is 12.1 Å². The number of carboxylic acid groups (broad SMARTS) is 1. The molecule has 1 aliphatic rings. The van der Waals surface area contributed by atoms with Crippen molar-refractivity contribution in [2.75, 3.05) is 19.5 Å². The number of hydrogen-bond acceptors (Lipinski definition) is 4. The van der Waals surface area contributed by atoms with Crippen molar-refractivity contribution in [2.45, 2.75) is 37.3 Å². The monoisotopic (exact) mass is 468 g/mol. The van der Waals surface area contributed by atoms with Crippen molar-refractivity contribution in [1.29, 1.82) is 0 Å². The minimum absolute atomic E-state index is 0.223. The molecule has 0 bridgehead atoms. The Morgan fingerprint density at radius 3 is 2.36 bits per heavy atom. The number of halogens is 1. The zero-order valence-electron chi connectivity index (χ0n) is 18.7. The standard InChI is InChI=1S/C26H29FN2O3S/c1-33-26-24(20-5-3-2-4-6-20)25(21-11-13-22(27)14-12-21)28-29(26)15-18-7-9-19(10-8-18)16-32-17-23(30)31/h2-6,11-14,18-19H,7-10,15-17H2,1H3,(H,30,31)/t18-,19+. The Kier molecular flexibility index (Phi) is 7.83. The van der Waals surface area contributed by atoms with E-state index < -0.39 is 5.97 Å². The molecule has 33 heavy (non-hydrogen) atoms. The molecule has 0 saturated heterocycles. The van der Waals surface area contributed by atoms with E-state index in [4.69, 9.17) is 14.9 Å². The highest BCUT2D eigenvalue weighted by Crippen LogP contribution is 2.40.